The van der Waals surface area contributed by atoms with Crippen molar-refractivity contribution in [3.8, 4) is 0 Å². The van der Waals surface area contributed by atoms with E-state index in [1.165, 1.54) is 10.5 Å². The maximum absolute atomic E-state index is 12.6. The molecule has 21 heavy (non-hydrogen) atoms. The molecule has 1 rings (SSSR count). The number of sulfonamides is 1. The maximum Gasteiger partial charge on any atom is 0.244 e. The first-order valence-electron chi connectivity index (χ1n) is 6.95. The third-order valence-electron chi connectivity index (χ3n) is 2.88. The van der Waals surface area contributed by atoms with Gasteiger partial charge in [0.25, 0.3) is 0 Å². The van der Waals surface area contributed by atoms with Gasteiger partial charge in [0.15, 0.2) is 0 Å². The Morgan fingerprint density at radius 2 is 1.76 bits per heavy atom. The number of ether oxygens (including phenoxy) is 2. The van der Waals surface area contributed by atoms with Crippen LogP contribution >= 0.6 is 11.6 Å². The van der Waals surface area contributed by atoms with Gasteiger partial charge >= 0.3 is 0 Å². The molecule has 0 unspecified atom stereocenters. The molecule has 1 heterocycles. The minimum atomic E-state index is -3.57. The van der Waals surface area contributed by atoms with Crippen molar-refractivity contribution in [3.05, 3.63) is 18.0 Å². The zero-order chi connectivity index (χ0) is 15.7. The minimum Gasteiger partial charge on any atom is -0.380 e. The van der Waals surface area contributed by atoms with E-state index in [4.69, 9.17) is 21.1 Å². The van der Waals surface area contributed by atoms with Crippen molar-refractivity contribution < 1.29 is 17.9 Å². The zero-order valence-corrected chi connectivity index (χ0v) is 14.0. The van der Waals surface area contributed by atoms with Gasteiger partial charge in [-0.3, -0.25) is 0 Å². The monoisotopic (exact) mass is 338 g/mol. The fourth-order valence-electron chi connectivity index (χ4n) is 1.77. The Kier molecular flexibility index (Phi) is 8.28. The van der Waals surface area contributed by atoms with Crippen LogP contribution in [-0.4, -0.2) is 57.2 Å². The predicted octanol–water partition coefficient (Wildman–Crippen LogP) is 1.82. The maximum atomic E-state index is 12.6. The van der Waals surface area contributed by atoms with E-state index in [-0.39, 0.29) is 10.8 Å². The lowest BCUT2D eigenvalue weighted by atomic mass is 10.5. The minimum absolute atomic E-state index is 0.214. The van der Waals surface area contributed by atoms with E-state index >= 15 is 0 Å². The van der Waals surface area contributed by atoms with E-state index in [1.54, 1.807) is 6.07 Å². The predicted molar refractivity (Wildman–Crippen MR) is 82.1 cm³/mol. The number of alkyl halides is 1. The smallest absolute Gasteiger partial charge is 0.244 e. The summed E-state index contributed by atoms with van der Waals surface area (Å²) in [6, 6.07) is 1.55. The van der Waals surface area contributed by atoms with E-state index < -0.39 is 10.0 Å². The molecule has 0 spiro atoms. The molecule has 1 N–H and O–H groups in total. The number of hydrogen-bond acceptors (Lipinski definition) is 4. The second-order valence-electron chi connectivity index (χ2n) is 4.29. The van der Waals surface area contributed by atoms with Crippen LogP contribution in [0.15, 0.2) is 17.2 Å². The largest absolute Gasteiger partial charge is 0.380 e. The normalized spacial score (nSPS) is 12.2. The molecular formula is C13H23ClN2O4S. The summed E-state index contributed by atoms with van der Waals surface area (Å²) in [6.45, 7) is 6.16. The van der Waals surface area contributed by atoms with Gasteiger partial charge in [0.1, 0.15) is 0 Å². The number of nitrogens with zero attached hydrogens (tertiary/aromatic N) is 1. The topological polar surface area (TPSA) is 71.6 Å². The Labute approximate surface area is 131 Å². The molecule has 122 valence electrons. The van der Waals surface area contributed by atoms with Crippen molar-refractivity contribution in [1.82, 2.24) is 9.29 Å². The zero-order valence-electron chi connectivity index (χ0n) is 12.5. The van der Waals surface area contributed by atoms with Gasteiger partial charge in [0.05, 0.1) is 24.0 Å². The second-order valence-corrected chi connectivity index (χ2v) is 6.50. The average Bonchev–Trinajstić information content (AvgIpc) is 2.95. The van der Waals surface area contributed by atoms with Gasteiger partial charge < -0.3 is 14.5 Å². The van der Waals surface area contributed by atoms with Crippen LogP contribution in [0.4, 0.5) is 0 Å². The summed E-state index contributed by atoms with van der Waals surface area (Å²) >= 11 is 5.70. The molecule has 0 aromatic carbocycles. The Hall–Kier alpha value is -0.600. The Morgan fingerprint density at radius 1 is 1.19 bits per heavy atom. The SMILES string of the molecule is CCOCCN(CCOCC)S(=O)(=O)c1c[nH]c(CCl)c1. The quantitative estimate of drug-likeness (QED) is 0.493. The standard InChI is InChI=1S/C13H23ClN2O4S/c1-3-19-7-5-16(6-8-20-4-2)21(17,18)13-9-12(10-14)15-11-13/h9,11,15H,3-8,10H2,1-2H3. The Morgan fingerprint density at radius 3 is 2.19 bits per heavy atom. The van der Waals surface area contributed by atoms with E-state index in [9.17, 15) is 8.42 Å². The molecular weight excluding hydrogens is 316 g/mol. The fourth-order valence-corrected chi connectivity index (χ4v) is 3.35. The summed E-state index contributed by atoms with van der Waals surface area (Å²) in [4.78, 5) is 3.06. The van der Waals surface area contributed by atoms with Crippen LogP contribution in [0.25, 0.3) is 0 Å². The number of nitrogens with one attached hydrogen (secondary N) is 1. The van der Waals surface area contributed by atoms with Gasteiger partial charge in [-0.2, -0.15) is 4.31 Å². The van der Waals surface area contributed by atoms with Crippen molar-refractivity contribution in [2.75, 3.05) is 39.5 Å². The first kappa shape index (κ1) is 18.4. The molecule has 1 aromatic heterocycles. The lowest BCUT2D eigenvalue weighted by Crippen LogP contribution is -2.36. The van der Waals surface area contributed by atoms with Crippen LogP contribution < -0.4 is 0 Å². The second kappa shape index (κ2) is 9.42. The van der Waals surface area contributed by atoms with Crippen LogP contribution in [0.3, 0.4) is 0 Å². The molecule has 0 aliphatic rings. The van der Waals surface area contributed by atoms with Crippen LogP contribution in [-0.2, 0) is 25.4 Å². The lowest BCUT2D eigenvalue weighted by Gasteiger charge is -2.21. The molecule has 0 aliphatic heterocycles. The highest BCUT2D eigenvalue weighted by Crippen LogP contribution is 2.17. The number of H-pyrrole nitrogens is 1. The van der Waals surface area contributed by atoms with E-state index in [1.807, 2.05) is 13.8 Å². The number of aromatic nitrogens is 1. The first-order valence-corrected chi connectivity index (χ1v) is 8.92. The van der Waals surface area contributed by atoms with Crippen molar-refractivity contribution in [2.24, 2.45) is 0 Å². The summed E-state index contributed by atoms with van der Waals surface area (Å²) in [7, 11) is -3.57. The summed E-state index contributed by atoms with van der Waals surface area (Å²) < 4.78 is 37.1. The molecule has 0 saturated carbocycles. The van der Waals surface area contributed by atoms with Crippen molar-refractivity contribution in [2.45, 2.75) is 24.6 Å². The van der Waals surface area contributed by atoms with Gasteiger partial charge in [-0.15, -0.1) is 11.6 Å². The van der Waals surface area contributed by atoms with Crippen molar-refractivity contribution >= 4 is 21.6 Å². The molecule has 0 radical (unpaired) electrons. The Bertz CT molecular complexity index is 494. The molecule has 0 bridgehead atoms. The number of rotatable bonds is 11. The highest BCUT2D eigenvalue weighted by Gasteiger charge is 2.25. The van der Waals surface area contributed by atoms with Gasteiger partial charge in [-0.05, 0) is 19.9 Å². The van der Waals surface area contributed by atoms with Gasteiger partial charge in [-0.25, -0.2) is 8.42 Å². The summed E-state index contributed by atoms with van der Waals surface area (Å²) in [5.41, 5.74) is 0.671. The van der Waals surface area contributed by atoms with Gasteiger partial charge in [0.2, 0.25) is 10.0 Å². The van der Waals surface area contributed by atoms with Gasteiger partial charge in [0, 0.05) is 38.2 Å². The lowest BCUT2D eigenvalue weighted by molar-refractivity contribution is 0.110. The summed E-state index contributed by atoms with van der Waals surface area (Å²) in [6.07, 6.45) is 1.46. The number of halogens is 1. The molecule has 8 heteroatoms. The molecule has 0 aliphatic carbocycles. The number of hydrogen-bond donors (Lipinski definition) is 1. The summed E-state index contributed by atoms with van der Waals surface area (Å²) in [5.74, 6) is 0.243. The Balaban J connectivity index is 2.81. The van der Waals surface area contributed by atoms with Crippen LogP contribution in [0.1, 0.15) is 19.5 Å². The highest BCUT2D eigenvalue weighted by molar-refractivity contribution is 7.89. The van der Waals surface area contributed by atoms with Crippen molar-refractivity contribution in [1.29, 1.82) is 0 Å². The molecule has 1 aromatic rings. The van der Waals surface area contributed by atoms with Gasteiger partial charge in [-0.1, -0.05) is 0 Å². The summed E-state index contributed by atoms with van der Waals surface area (Å²) in [5, 5.41) is 0. The van der Waals surface area contributed by atoms with Crippen molar-refractivity contribution in [3.63, 3.8) is 0 Å². The molecule has 0 fully saturated rings. The van der Waals surface area contributed by atoms with Crippen LogP contribution in [0.2, 0.25) is 0 Å². The molecule has 0 atom stereocenters. The highest BCUT2D eigenvalue weighted by atomic mass is 35.5. The molecule has 0 saturated heterocycles. The van der Waals surface area contributed by atoms with Crippen LogP contribution in [0.5, 0.6) is 0 Å². The third-order valence-corrected chi connectivity index (χ3v) is 5.04. The van der Waals surface area contributed by atoms with Crippen LogP contribution in [0, 0.1) is 0 Å². The van der Waals surface area contributed by atoms with E-state index in [2.05, 4.69) is 4.98 Å². The van der Waals surface area contributed by atoms with E-state index in [0.29, 0.717) is 45.2 Å². The molecule has 0 amide bonds. The number of aromatic amines is 1. The molecule has 6 nitrogen and oxygen atoms in total. The third kappa shape index (κ3) is 5.60. The average molecular weight is 339 g/mol. The van der Waals surface area contributed by atoms with E-state index in [0.717, 1.165) is 0 Å². The fraction of sp³-hybridized carbons (Fsp3) is 0.692. The first-order chi connectivity index (χ1) is 10.1.